The van der Waals surface area contributed by atoms with Gasteiger partial charge in [0, 0.05) is 11.8 Å². The van der Waals surface area contributed by atoms with Gasteiger partial charge in [0.05, 0.1) is 23.1 Å². The van der Waals surface area contributed by atoms with E-state index in [9.17, 15) is 18.5 Å². The summed E-state index contributed by atoms with van der Waals surface area (Å²) in [5, 5.41) is 15.6. The maximum absolute atomic E-state index is 12.7. The van der Waals surface area contributed by atoms with Crippen molar-refractivity contribution in [3.8, 4) is 5.75 Å². The maximum Gasteiger partial charge on any atom is 0.295 e. The van der Waals surface area contributed by atoms with Gasteiger partial charge in [-0.2, -0.15) is 5.10 Å². The fraction of sp³-hybridized carbons (Fsp3) is 0.136. The summed E-state index contributed by atoms with van der Waals surface area (Å²) in [6.07, 6.45) is 1.56. The first-order valence-electron chi connectivity index (χ1n) is 9.51. The van der Waals surface area contributed by atoms with E-state index < -0.39 is 20.6 Å². The molecule has 166 valence electrons. The van der Waals surface area contributed by atoms with E-state index in [2.05, 4.69) is 15.2 Å². The lowest BCUT2D eigenvalue weighted by molar-refractivity contribution is -0.384. The molecule has 3 rings (SSSR count). The van der Waals surface area contributed by atoms with Crippen LogP contribution in [0.5, 0.6) is 5.75 Å². The van der Waals surface area contributed by atoms with E-state index >= 15 is 0 Å². The van der Waals surface area contributed by atoms with Crippen LogP contribution in [0.2, 0.25) is 0 Å². The Morgan fingerprint density at radius 1 is 1.03 bits per heavy atom. The molecule has 0 aliphatic carbocycles. The molecular weight excluding hydrogens is 432 g/mol. The second-order valence-corrected chi connectivity index (χ2v) is 8.68. The third kappa shape index (κ3) is 5.41. The van der Waals surface area contributed by atoms with Crippen LogP contribution in [0.3, 0.4) is 0 Å². The summed E-state index contributed by atoms with van der Waals surface area (Å²) in [6, 6.07) is 15.7. The van der Waals surface area contributed by atoms with Crippen molar-refractivity contribution < 1.29 is 18.1 Å². The number of benzene rings is 3. The topological polar surface area (TPSA) is 123 Å². The monoisotopic (exact) mass is 454 g/mol. The van der Waals surface area contributed by atoms with Crippen molar-refractivity contribution in [2.45, 2.75) is 18.7 Å². The van der Waals surface area contributed by atoms with Crippen LogP contribution in [-0.2, 0) is 10.0 Å². The van der Waals surface area contributed by atoms with Crippen molar-refractivity contribution in [2.24, 2.45) is 5.10 Å². The van der Waals surface area contributed by atoms with Crippen molar-refractivity contribution in [2.75, 3.05) is 17.3 Å². The molecule has 0 saturated heterocycles. The summed E-state index contributed by atoms with van der Waals surface area (Å²) in [4.78, 5) is 10.6. The van der Waals surface area contributed by atoms with Crippen molar-refractivity contribution in [3.63, 3.8) is 0 Å². The van der Waals surface area contributed by atoms with Gasteiger partial charge in [-0.15, -0.1) is 0 Å². The van der Waals surface area contributed by atoms with Crippen LogP contribution in [0.25, 0.3) is 0 Å². The van der Waals surface area contributed by atoms with E-state index in [1.54, 1.807) is 18.3 Å². The summed E-state index contributed by atoms with van der Waals surface area (Å²) in [5.74, 6) is 0.570. The fourth-order valence-electron chi connectivity index (χ4n) is 2.87. The highest BCUT2D eigenvalue weighted by Crippen LogP contribution is 2.29. The zero-order valence-corrected chi connectivity index (χ0v) is 18.5. The lowest BCUT2D eigenvalue weighted by Gasteiger charge is -2.10. The largest absolute Gasteiger partial charge is 0.497 e. The number of ether oxygens (including phenoxy) is 1. The Morgan fingerprint density at radius 2 is 1.75 bits per heavy atom. The van der Waals surface area contributed by atoms with Gasteiger partial charge in [-0.1, -0.05) is 23.8 Å². The number of sulfonamides is 1. The van der Waals surface area contributed by atoms with E-state index in [-0.39, 0.29) is 10.6 Å². The number of nitro groups is 1. The molecule has 3 aromatic rings. The van der Waals surface area contributed by atoms with Crippen LogP contribution in [0.1, 0.15) is 16.7 Å². The molecule has 3 aromatic carbocycles. The van der Waals surface area contributed by atoms with Gasteiger partial charge in [0.25, 0.3) is 15.7 Å². The number of nitrogens with one attached hydrogen (secondary N) is 2. The molecule has 0 saturated carbocycles. The molecule has 0 unspecified atom stereocenters. The summed E-state index contributed by atoms with van der Waals surface area (Å²) in [7, 11) is -2.54. The summed E-state index contributed by atoms with van der Waals surface area (Å²) in [5.41, 5.74) is 5.51. The molecule has 0 aromatic heterocycles. The van der Waals surface area contributed by atoms with E-state index in [0.29, 0.717) is 11.4 Å². The molecule has 0 radical (unpaired) electrons. The van der Waals surface area contributed by atoms with Crippen LogP contribution in [0, 0.1) is 24.0 Å². The molecule has 0 fully saturated rings. The number of nitro benzene ring substituents is 1. The Labute approximate surface area is 185 Å². The van der Waals surface area contributed by atoms with Crippen LogP contribution >= 0.6 is 0 Å². The van der Waals surface area contributed by atoms with Gasteiger partial charge in [-0.3, -0.25) is 20.3 Å². The molecule has 9 nitrogen and oxygen atoms in total. The number of anilines is 2. The Balaban J connectivity index is 1.84. The minimum atomic E-state index is -4.04. The number of hydrogen-bond donors (Lipinski definition) is 2. The second-order valence-electron chi connectivity index (χ2n) is 7.00. The van der Waals surface area contributed by atoms with Crippen LogP contribution in [0.15, 0.2) is 70.7 Å². The standard InChI is InChI=1S/C22H22N4O5S/c1-15-4-5-16(2)17(12-15)14-23-24-21-11-10-20(13-22(21)26(27)28)32(29,30)25-18-6-8-19(31-3)9-7-18/h4-14,24-25H,1-3H3. The minimum Gasteiger partial charge on any atom is -0.497 e. The smallest absolute Gasteiger partial charge is 0.295 e. The van der Waals surface area contributed by atoms with Gasteiger partial charge in [-0.05, 0) is 61.4 Å². The number of hydrazone groups is 1. The van der Waals surface area contributed by atoms with Gasteiger partial charge in [-0.25, -0.2) is 8.42 Å². The number of rotatable bonds is 8. The average molecular weight is 455 g/mol. The van der Waals surface area contributed by atoms with Gasteiger partial charge in [0.2, 0.25) is 0 Å². The molecule has 2 N–H and O–H groups in total. The van der Waals surface area contributed by atoms with E-state index in [1.165, 1.54) is 31.4 Å². The van der Waals surface area contributed by atoms with Crippen LogP contribution in [-0.4, -0.2) is 26.7 Å². The highest BCUT2D eigenvalue weighted by Gasteiger charge is 2.21. The Bertz CT molecular complexity index is 1270. The van der Waals surface area contributed by atoms with Crippen molar-refractivity contribution in [1.82, 2.24) is 0 Å². The number of aryl methyl sites for hydroxylation is 2. The molecule has 10 heteroatoms. The number of hydrogen-bond acceptors (Lipinski definition) is 7. The molecule has 0 atom stereocenters. The first kappa shape index (κ1) is 22.8. The highest BCUT2D eigenvalue weighted by atomic mass is 32.2. The van der Waals surface area contributed by atoms with Crippen LogP contribution in [0.4, 0.5) is 17.1 Å². The summed E-state index contributed by atoms with van der Waals surface area (Å²) < 4.78 is 32.8. The average Bonchev–Trinajstić information content (AvgIpc) is 2.76. The molecule has 0 bridgehead atoms. The predicted octanol–water partition coefficient (Wildman–Crippen LogP) is 4.47. The number of nitrogens with zero attached hydrogens (tertiary/aromatic N) is 2. The summed E-state index contributed by atoms with van der Waals surface area (Å²) in [6.45, 7) is 3.88. The fourth-order valence-corrected chi connectivity index (χ4v) is 3.95. The summed E-state index contributed by atoms with van der Waals surface area (Å²) >= 11 is 0. The van der Waals surface area contributed by atoms with E-state index in [0.717, 1.165) is 22.8 Å². The van der Waals surface area contributed by atoms with Gasteiger partial charge >= 0.3 is 0 Å². The first-order valence-corrected chi connectivity index (χ1v) is 11.0. The molecule has 0 spiro atoms. The molecule has 0 heterocycles. The van der Waals surface area contributed by atoms with E-state index in [1.807, 2.05) is 32.0 Å². The van der Waals surface area contributed by atoms with Crippen molar-refractivity contribution in [1.29, 1.82) is 0 Å². The molecule has 0 aliphatic rings. The SMILES string of the molecule is COc1ccc(NS(=O)(=O)c2ccc(NN=Cc3cc(C)ccc3C)c([N+](=O)[O-])c2)cc1. The molecule has 0 aliphatic heterocycles. The lowest BCUT2D eigenvalue weighted by atomic mass is 10.1. The molecule has 0 amide bonds. The van der Waals surface area contributed by atoms with Crippen molar-refractivity contribution in [3.05, 3.63) is 87.5 Å². The molecule has 32 heavy (non-hydrogen) atoms. The lowest BCUT2D eigenvalue weighted by Crippen LogP contribution is -2.13. The first-order chi connectivity index (χ1) is 15.2. The maximum atomic E-state index is 12.7. The van der Waals surface area contributed by atoms with Gasteiger partial charge in [0.15, 0.2) is 0 Å². The predicted molar refractivity (Wildman–Crippen MR) is 124 cm³/mol. The zero-order chi connectivity index (χ0) is 23.3. The third-order valence-electron chi connectivity index (χ3n) is 4.64. The van der Waals surface area contributed by atoms with Gasteiger partial charge in [0.1, 0.15) is 11.4 Å². The number of methoxy groups -OCH3 is 1. The minimum absolute atomic E-state index is 0.0694. The Morgan fingerprint density at radius 3 is 2.41 bits per heavy atom. The Kier molecular flexibility index (Phi) is 6.74. The van der Waals surface area contributed by atoms with E-state index in [4.69, 9.17) is 4.74 Å². The highest BCUT2D eigenvalue weighted by molar-refractivity contribution is 7.92. The third-order valence-corrected chi connectivity index (χ3v) is 6.02. The normalized spacial score (nSPS) is 11.3. The van der Waals surface area contributed by atoms with Gasteiger partial charge < -0.3 is 4.74 Å². The quantitative estimate of drug-likeness (QED) is 0.294. The second kappa shape index (κ2) is 9.48. The van der Waals surface area contributed by atoms with Crippen LogP contribution < -0.4 is 14.9 Å². The zero-order valence-electron chi connectivity index (χ0n) is 17.7. The molecular formula is C22H22N4O5S. The Hall–Kier alpha value is -3.92. The van der Waals surface area contributed by atoms with Crippen molar-refractivity contribution >= 4 is 33.3 Å².